The summed E-state index contributed by atoms with van der Waals surface area (Å²) < 4.78 is 68.4. The molecule has 19 heteroatoms. The van der Waals surface area contributed by atoms with Crippen molar-refractivity contribution in [2.45, 2.75) is 375 Å². The monoisotopic (exact) mass is 1340 g/mol. The molecule has 540 valence electrons. The van der Waals surface area contributed by atoms with Crippen molar-refractivity contribution in [1.82, 2.24) is 0 Å². The number of esters is 4. The fourth-order valence-corrected chi connectivity index (χ4v) is 12.3. The van der Waals surface area contributed by atoms with E-state index in [0.29, 0.717) is 25.7 Å². The van der Waals surface area contributed by atoms with E-state index in [-0.39, 0.29) is 25.7 Å². The van der Waals surface area contributed by atoms with Gasteiger partial charge in [0.25, 0.3) is 0 Å². The van der Waals surface area contributed by atoms with Crippen LogP contribution in [0.3, 0.4) is 0 Å². The molecule has 0 aromatic heterocycles. The van der Waals surface area contributed by atoms with Crippen molar-refractivity contribution in [2.75, 3.05) is 39.6 Å². The first-order chi connectivity index (χ1) is 43.7. The van der Waals surface area contributed by atoms with Gasteiger partial charge in [-0.2, -0.15) is 0 Å². The van der Waals surface area contributed by atoms with Crippen LogP contribution in [0.15, 0.2) is 0 Å². The number of phosphoric acid groups is 2. The third kappa shape index (κ3) is 62.6. The predicted octanol–water partition coefficient (Wildman–Crippen LogP) is 20.5. The molecule has 0 amide bonds. The minimum Gasteiger partial charge on any atom is -0.462 e. The number of rotatable bonds is 69. The van der Waals surface area contributed by atoms with E-state index in [1.165, 1.54) is 154 Å². The van der Waals surface area contributed by atoms with Gasteiger partial charge in [0.05, 0.1) is 26.4 Å². The molecule has 0 bridgehead atoms. The number of carbonyl (C=O) groups excluding carboxylic acids is 4. The van der Waals surface area contributed by atoms with Crippen molar-refractivity contribution in [2.24, 2.45) is 23.7 Å². The lowest BCUT2D eigenvalue weighted by atomic mass is 9.99. The van der Waals surface area contributed by atoms with Crippen molar-refractivity contribution in [3.05, 3.63) is 0 Å². The molecule has 8 atom stereocenters. The van der Waals surface area contributed by atoms with Gasteiger partial charge in [0, 0.05) is 25.7 Å². The molecular formula is C72H140O17P2. The van der Waals surface area contributed by atoms with E-state index in [2.05, 4.69) is 55.4 Å². The lowest BCUT2D eigenvalue weighted by Gasteiger charge is -2.21. The van der Waals surface area contributed by atoms with Crippen LogP contribution in [0.1, 0.15) is 357 Å². The Morgan fingerprint density at radius 3 is 0.780 bits per heavy atom. The number of phosphoric ester groups is 2. The topological polar surface area (TPSA) is 237 Å². The number of ether oxygens (including phenoxy) is 4. The summed E-state index contributed by atoms with van der Waals surface area (Å²) in [7, 11) is -9.91. The summed E-state index contributed by atoms with van der Waals surface area (Å²) in [5.41, 5.74) is 0. The summed E-state index contributed by atoms with van der Waals surface area (Å²) in [5, 5.41) is 10.6. The fourth-order valence-electron chi connectivity index (χ4n) is 10.7. The van der Waals surface area contributed by atoms with E-state index in [4.69, 9.17) is 37.0 Å². The van der Waals surface area contributed by atoms with Crippen LogP contribution in [0, 0.1) is 23.7 Å². The molecule has 0 rings (SSSR count). The molecular weight excluding hydrogens is 1200 g/mol. The van der Waals surface area contributed by atoms with Gasteiger partial charge in [-0.3, -0.25) is 37.3 Å². The zero-order chi connectivity index (χ0) is 67.5. The summed E-state index contributed by atoms with van der Waals surface area (Å²) in [6.07, 6.45) is 44.2. The van der Waals surface area contributed by atoms with Crippen molar-refractivity contribution >= 4 is 39.5 Å². The average molecular weight is 1340 g/mol. The Bertz CT molecular complexity index is 1800. The molecule has 5 unspecified atom stereocenters. The standard InChI is InChI=1S/C72H140O17P2/c1-9-63(6)49-41-33-25-19-13-16-22-28-38-46-54-71(76)88-67(58-82-69(74)52-44-36-27-21-15-12-18-24-32-40-48-62(4)5)60-86-90(78,79)84-56-66(73)57-85-91(80,81)87-61-68(59-83-70(75)53-45-37-31-30-35-43-51-65(8)11-3)89-72(77)55-47-39-29-23-17-14-20-26-34-42-50-64(7)10-2/h62-68,73H,9-61H2,1-8H3,(H,78,79)(H,80,81)/t63?,64?,65?,66-,67-,68-/m1/s1. The highest BCUT2D eigenvalue weighted by atomic mass is 31.2. The summed E-state index contributed by atoms with van der Waals surface area (Å²) in [5.74, 6) is 0.968. The molecule has 0 aliphatic carbocycles. The molecule has 0 radical (unpaired) electrons. The number of hydrogen-bond acceptors (Lipinski definition) is 15. The maximum Gasteiger partial charge on any atom is 0.472 e. The first-order valence-electron chi connectivity index (χ1n) is 37.3. The van der Waals surface area contributed by atoms with Crippen LogP contribution in [-0.4, -0.2) is 96.7 Å². The van der Waals surface area contributed by atoms with Crippen molar-refractivity contribution in [3.8, 4) is 0 Å². The van der Waals surface area contributed by atoms with E-state index < -0.39 is 97.5 Å². The second-order valence-electron chi connectivity index (χ2n) is 27.2. The van der Waals surface area contributed by atoms with Gasteiger partial charge in [0.2, 0.25) is 0 Å². The zero-order valence-corrected chi connectivity index (χ0v) is 61.3. The quantitative estimate of drug-likeness (QED) is 0.0222. The predicted molar refractivity (Wildman–Crippen MR) is 367 cm³/mol. The van der Waals surface area contributed by atoms with Crippen LogP contribution in [-0.2, 0) is 65.4 Å². The number of unbranched alkanes of at least 4 members (excludes halogenated alkanes) is 32. The van der Waals surface area contributed by atoms with Crippen LogP contribution in [0.2, 0.25) is 0 Å². The fraction of sp³-hybridized carbons (Fsp3) is 0.944. The van der Waals surface area contributed by atoms with E-state index in [1.54, 1.807) is 0 Å². The van der Waals surface area contributed by atoms with E-state index in [1.807, 2.05) is 0 Å². The summed E-state index contributed by atoms with van der Waals surface area (Å²) in [6.45, 7) is 14.2. The van der Waals surface area contributed by atoms with Crippen molar-refractivity contribution < 1.29 is 80.2 Å². The molecule has 0 aromatic carbocycles. The molecule has 91 heavy (non-hydrogen) atoms. The highest BCUT2D eigenvalue weighted by Gasteiger charge is 2.30. The molecule has 0 heterocycles. The Kier molecular flexibility index (Phi) is 60.3. The highest BCUT2D eigenvalue weighted by molar-refractivity contribution is 7.47. The SMILES string of the molecule is CCC(C)CCCCCCCCCCCCC(=O)O[C@H](COC(=O)CCCCCCCCCCCCC(C)C)COP(=O)(O)OC[C@@H](O)COP(=O)(O)OC[C@@H](COC(=O)CCCCCCCCC(C)CC)OC(=O)CCCCCCCCCCCCC(C)CC. The lowest BCUT2D eigenvalue weighted by Crippen LogP contribution is -2.30. The Hall–Kier alpha value is -1.94. The average Bonchev–Trinajstić information content (AvgIpc) is 3.52. The summed E-state index contributed by atoms with van der Waals surface area (Å²) >= 11 is 0. The van der Waals surface area contributed by atoms with Crippen LogP contribution in [0.25, 0.3) is 0 Å². The van der Waals surface area contributed by atoms with Crippen LogP contribution in [0.4, 0.5) is 0 Å². The molecule has 0 fully saturated rings. The van der Waals surface area contributed by atoms with Crippen molar-refractivity contribution in [3.63, 3.8) is 0 Å². The first-order valence-corrected chi connectivity index (χ1v) is 40.3. The molecule has 0 aliphatic heterocycles. The molecule has 17 nitrogen and oxygen atoms in total. The zero-order valence-electron chi connectivity index (χ0n) is 59.5. The molecule has 0 aliphatic rings. The molecule has 0 saturated carbocycles. The molecule has 0 spiro atoms. The molecule has 0 saturated heterocycles. The second-order valence-corrected chi connectivity index (χ2v) is 30.1. The molecule has 0 aromatic rings. The van der Waals surface area contributed by atoms with Gasteiger partial charge >= 0.3 is 39.5 Å². The third-order valence-corrected chi connectivity index (χ3v) is 19.6. The minimum absolute atomic E-state index is 0.105. The number of aliphatic hydroxyl groups excluding tert-OH is 1. The maximum atomic E-state index is 13.0. The Balaban J connectivity index is 5.28. The number of carbonyl (C=O) groups is 4. The summed E-state index contributed by atoms with van der Waals surface area (Å²) in [4.78, 5) is 72.7. The van der Waals surface area contributed by atoms with Gasteiger partial charge in [0.15, 0.2) is 12.2 Å². The normalized spacial score (nSPS) is 15.1. The third-order valence-electron chi connectivity index (χ3n) is 17.7. The van der Waals surface area contributed by atoms with Crippen LogP contribution in [0.5, 0.6) is 0 Å². The van der Waals surface area contributed by atoms with Gasteiger partial charge in [-0.1, -0.05) is 306 Å². The number of aliphatic hydroxyl groups is 1. The van der Waals surface area contributed by atoms with Gasteiger partial charge in [-0.25, -0.2) is 9.13 Å². The van der Waals surface area contributed by atoms with E-state index >= 15 is 0 Å². The van der Waals surface area contributed by atoms with Gasteiger partial charge in [-0.15, -0.1) is 0 Å². The highest BCUT2D eigenvalue weighted by Crippen LogP contribution is 2.45. The Labute approximate surface area is 556 Å². The molecule has 3 N–H and O–H groups in total. The van der Waals surface area contributed by atoms with E-state index in [0.717, 1.165) is 120 Å². The Morgan fingerprint density at radius 1 is 0.308 bits per heavy atom. The Morgan fingerprint density at radius 2 is 0.527 bits per heavy atom. The van der Waals surface area contributed by atoms with Gasteiger partial charge in [0.1, 0.15) is 19.3 Å². The number of hydrogen-bond donors (Lipinski definition) is 3. The van der Waals surface area contributed by atoms with E-state index in [9.17, 15) is 43.2 Å². The second kappa shape index (κ2) is 61.6. The smallest absolute Gasteiger partial charge is 0.462 e. The van der Waals surface area contributed by atoms with Gasteiger partial charge < -0.3 is 33.8 Å². The lowest BCUT2D eigenvalue weighted by molar-refractivity contribution is -0.161. The maximum absolute atomic E-state index is 13.0. The first kappa shape index (κ1) is 89.1. The van der Waals surface area contributed by atoms with Crippen molar-refractivity contribution in [1.29, 1.82) is 0 Å². The largest absolute Gasteiger partial charge is 0.472 e. The van der Waals surface area contributed by atoms with Crippen LogP contribution >= 0.6 is 15.6 Å². The minimum atomic E-state index is -4.95. The van der Waals surface area contributed by atoms with Gasteiger partial charge in [-0.05, 0) is 49.4 Å². The summed E-state index contributed by atoms with van der Waals surface area (Å²) in [6, 6.07) is 0. The van der Waals surface area contributed by atoms with Crippen LogP contribution < -0.4 is 0 Å².